The normalized spacial score (nSPS) is 15.7. The lowest BCUT2D eigenvalue weighted by atomic mass is 9.98. The summed E-state index contributed by atoms with van der Waals surface area (Å²) >= 11 is 0. The number of nitrogens with one attached hydrogen (secondary N) is 1. The molecule has 1 heterocycles. The van der Waals surface area contributed by atoms with E-state index in [0.29, 0.717) is 31.6 Å². The van der Waals surface area contributed by atoms with Crippen LogP contribution in [0.1, 0.15) is 55.6 Å². The van der Waals surface area contributed by atoms with Gasteiger partial charge in [0.25, 0.3) is 0 Å². The van der Waals surface area contributed by atoms with Gasteiger partial charge in [0.05, 0.1) is 31.1 Å². The number of ketones is 1. The Morgan fingerprint density at radius 3 is 2.31 bits per heavy atom. The van der Waals surface area contributed by atoms with Crippen LogP contribution in [0.4, 0.5) is 0 Å². The zero-order chi connectivity index (χ0) is 28.4. The molecule has 0 saturated carbocycles. The largest absolute Gasteiger partial charge is 0.497 e. The molecule has 0 aromatic heterocycles. The first-order valence-corrected chi connectivity index (χ1v) is 15.1. The van der Waals surface area contributed by atoms with Crippen molar-refractivity contribution in [2.75, 3.05) is 53.0 Å². The fourth-order valence-corrected chi connectivity index (χ4v) is 6.46. The number of hydrogen-bond acceptors (Lipinski definition) is 8. The SMILES string of the molecule is CCOC(=O)C1CCN(S(=O)(=O)c2cccc(C(=O)CNCC(c3ccc(OC)cc3)N(CC)CC)c2)CC1. The molecular formula is C29H41N3O6S. The second kappa shape index (κ2) is 14.6. The molecule has 1 fully saturated rings. The van der Waals surface area contributed by atoms with Crippen molar-refractivity contribution in [1.29, 1.82) is 0 Å². The van der Waals surface area contributed by atoms with Gasteiger partial charge in [0.2, 0.25) is 10.0 Å². The van der Waals surface area contributed by atoms with Gasteiger partial charge in [-0.15, -0.1) is 0 Å². The highest BCUT2D eigenvalue weighted by Crippen LogP contribution is 2.26. The van der Waals surface area contributed by atoms with Crippen molar-refractivity contribution in [2.24, 2.45) is 5.92 Å². The van der Waals surface area contributed by atoms with Crippen LogP contribution in [-0.2, 0) is 19.6 Å². The Labute approximate surface area is 232 Å². The van der Waals surface area contributed by atoms with E-state index in [1.54, 1.807) is 26.2 Å². The van der Waals surface area contributed by atoms with Crippen LogP contribution in [0.5, 0.6) is 5.75 Å². The average molecular weight is 560 g/mol. The summed E-state index contributed by atoms with van der Waals surface area (Å²) in [6, 6.07) is 14.2. The van der Waals surface area contributed by atoms with Crippen LogP contribution in [-0.4, -0.2) is 82.4 Å². The Morgan fingerprint density at radius 2 is 1.72 bits per heavy atom. The van der Waals surface area contributed by atoms with Gasteiger partial charge < -0.3 is 14.8 Å². The summed E-state index contributed by atoms with van der Waals surface area (Å²) in [5.74, 6) is 0.0535. The molecule has 1 aliphatic rings. The van der Waals surface area contributed by atoms with Gasteiger partial charge in [0.1, 0.15) is 5.75 Å². The van der Waals surface area contributed by atoms with E-state index < -0.39 is 10.0 Å². The number of methoxy groups -OCH3 is 1. The van der Waals surface area contributed by atoms with Gasteiger partial charge in [-0.25, -0.2) is 8.42 Å². The predicted molar refractivity (Wildman–Crippen MR) is 150 cm³/mol. The lowest BCUT2D eigenvalue weighted by Gasteiger charge is -2.30. The minimum absolute atomic E-state index is 0.0722. The van der Waals surface area contributed by atoms with E-state index in [2.05, 4.69) is 24.1 Å². The summed E-state index contributed by atoms with van der Waals surface area (Å²) in [6.45, 7) is 9.13. The van der Waals surface area contributed by atoms with E-state index in [0.717, 1.165) is 24.4 Å². The minimum Gasteiger partial charge on any atom is -0.497 e. The summed E-state index contributed by atoms with van der Waals surface area (Å²) in [7, 11) is -2.14. The number of carbonyl (C=O) groups is 2. The summed E-state index contributed by atoms with van der Waals surface area (Å²) in [5, 5.41) is 3.28. The van der Waals surface area contributed by atoms with Crippen LogP contribution in [0.25, 0.3) is 0 Å². The number of ether oxygens (including phenoxy) is 2. The average Bonchev–Trinajstić information content (AvgIpc) is 2.97. The number of nitrogens with zero attached hydrogens (tertiary/aromatic N) is 2. The maximum atomic E-state index is 13.3. The number of hydrogen-bond donors (Lipinski definition) is 1. The molecule has 2 aromatic carbocycles. The molecule has 1 atom stereocenters. The number of rotatable bonds is 14. The maximum absolute atomic E-state index is 13.3. The van der Waals surface area contributed by atoms with Crippen molar-refractivity contribution in [3.8, 4) is 5.75 Å². The van der Waals surface area contributed by atoms with Crippen LogP contribution >= 0.6 is 0 Å². The third-order valence-corrected chi connectivity index (χ3v) is 9.14. The number of carbonyl (C=O) groups excluding carboxylic acids is 2. The van der Waals surface area contributed by atoms with Crippen LogP contribution in [0.15, 0.2) is 53.4 Å². The number of esters is 1. The van der Waals surface area contributed by atoms with Crippen molar-refractivity contribution < 1.29 is 27.5 Å². The second-order valence-electron chi connectivity index (χ2n) is 9.52. The summed E-state index contributed by atoms with van der Waals surface area (Å²) in [6.07, 6.45) is 0.838. The number of piperidine rings is 1. The number of likely N-dealkylation sites (N-methyl/N-ethyl adjacent to an activating group) is 1. The fourth-order valence-electron chi connectivity index (χ4n) is 4.94. The van der Waals surface area contributed by atoms with E-state index in [-0.39, 0.29) is 48.2 Å². The van der Waals surface area contributed by atoms with E-state index in [9.17, 15) is 18.0 Å². The third kappa shape index (κ3) is 7.88. The Morgan fingerprint density at radius 1 is 1.05 bits per heavy atom. The standard InChI is InChI=1S/C29H41N3O6S/c1-5-31(6-2)27(22-11-13-25(37-4)14-12-22)20-30-21-28(33)24-9-8-10-26(19-24)39(35,36)32-17-15-23(16-18-32)29(34)38-7-3/h8-14,19,23,27,30H,5-7,15-18,20-21H2,1-4H3. The molecule has 1 aliphatic heterocycles. The molecule has 2 aromatic rings. The van der Waals surface area contributed by atoms with Gasteiger partial charge in [-0.2, -0.15) is 4.31 Å². The van der Waals surface area contributed by atoms with Crippen LogP contribution < -0.4 is 10.1 Å². The van der Waals surface area contributed by atoms with Crippen molar-refractivity contribution in [3.05, 3.63) is 59.7 Å². The van der Waals surface area contributed by atoms with E-state index in [4.69, 9.17) is 9.47 Å². The monoisotopic (exact) mass is 559 g/mol. The highest BCUT2D eigenvalue weighted by molar-refractivity contribution is 7.89. The van der Waals surface area contributed by atoms with Crippen LogP contribution in [0.3, 0.4) is 0 Å². The first kappa shape index (κ1) is 30.7. The molecule has 0 bridgehead atoms. The molecule has 0 radical (unpaired) electrons. The zero-order valence-corrected chi connectivity index (χ0v) is 24.2. The second-order valence-corrected chi connectivity index (χ2v) is 11.5. The van der Waals surface area contributed by atoms with Gasteiger partial charge in [0.15, 0.2) is 5.78 Å². The Hall–Kier alpha value is -2.79. The molecule has 9 nitrogen and oxygen atoms in total. The first-order chi connectivity index (χ1) is 18.7. The highest BCUT2D eigenvalue weighted by Gasteiger charge is 2.33. The summed E-state index contributed by atoms with van der Waals surface area (Å²) in [4.78, 5) is 27.4. The quantitative estimate of drug-likeness (QED) is 0.277. The maximum Gasteiger partial charge on any atom is 0.309 e. The van der Waals surface area contributed by atoms with E-state index in [1.807, 2.05) is 24.3 Å². The molecule has 39 heavy (non-hydrogen) atoms. The zero-order valence-electron chi connectivity index (χ0n) is 23.4. The van der Waals surface area contributed by atoms with Crippen LogP contribution in [0.2, 0.25) is 0 Å². The van der Waals surface area contributed by atoms with Gasteiger partial charge in [-0.05, 0) is 62.7 Å². The molecule has 0 amide bonds. The topological polar surface area (TPSA) is 105 Å². The molecular weight excluding hydrogens is 518 g/mol. The van der Waals surface area contributed by atoms with Crippen LogP contribution in [0, 0.1) is 5.92 Å². The fraction of sp³-hybridized carbons (Fsp3) is 0.517. The lowest BCUT2D eigenvalue weighted by Crippen LogP contribution is -2.40. The molecule has 214 valence electrons. The first-order valence-electron chi connectivity index (χ1n) is 13.6. The third-order valence-electron chi connectivity index (χ3n) is 7.24. The molecule has 0 aliphatic carbocycles. The lowest BCUT2D eigenvalue weighted by molar-refractivity contribution is -0.149. The van der Waals surface area contributed by atoms with Crippen molar-refractivity contribution in [1.82, 2.24) is 14.5 Å². The number of Topliss-reactive ketones (excluding diaryl/α,β-unsaturated/α-hetero) is 1. The molecule has 10 heteroatoms. The summed E-state index contributed by atoms with van der Waals surface area (Å²) in [5.41, 5.74) is 1.47. The summed E-state index contributed by atoms with van der Waals surface area (Å²) < 4.78 is 38.3. The van der Waals surface area contributed by atoms with Gasteiger partial charge in [-0.3, -0.25) is 14.5 Å². The molecule has 0 spiro atoms. The van der Waals surface area contributed by atoms with Gasteiger partial charge in [0, 0.05) is 31.2 Å². The van der Waals surface area contributed by atoms with Gasteiger partial charge >= 0.3 is 5.97 Å². The minimum atomic E-state index is -3.78. The van der Waals surface area contributed by atoms with Crippen molar-refractivity contribution in [3.63, 3.8) is 0 Å². The Balaban J connectivity index is 1.64. The Bertz CT molecular complexity index is 1190. The highest BCUT2D eigenvalue weighted by atomic mass is 32.2. The smallest absolute Gasteiger partial charge is 0.309 e. The van der Waals surface area contributed by atoms with Crippen molar-refractivity contribution in [2.45, 2.75) is 44.6 Å². The number of sulfonamides is 1. The number of benzene rings is 2. The molecule has 1 N–H and O–H groups in total. The Kier molecular flexibility index (Phi) is 11.5. The van der Waals surface area contributed by atoms with Crippen molar-refractivity contribution >= 4 is 21.8 Å². The molecule has 1 saturated heterocycles. The predicted octanol–water partition coefficient (Wildman–Crippen LogP) is 3.51. The molecule has 1 unspecified atom stereocenters. The molecule has 3 rings (SSSR count). The van der Waals surface area contributed by atoms with E-state index in [1.165, 1.54) is 16.4 Å². The van der Waals surface area contributed by atoms with Gasteiger partial charge in [-0.1, -0.05) is 38.1 Å². The van der Waals surface area contributed by atoms with E-state index >= 15 is 0 Å².